The van der Waals surface area contributed by atoms with E-state index in [0.717, 1.165) is 25.8 Å². The number of fused-ring (bicyclic) bond motifs is 4. The monoisotopic (exact) mass is 484 g/mol. The first kappa shape index (κ1) is 23.6. The van der Waals surface area contributed by atoms with Crippen LogP contribution in [-0.2, 0) is 6.42 Å². The van der Waals surface area contributed by atoms with Crippen LogP contribution in [-0.4, -0.2) is 17.2 Å². The molecule has 1 atom stereocenters. The van der Waals surface area contributed by atoms with Crippen molar-refractivity contribution in [1.82, 2.24) is 4.57 Å². The molecule has 186 valence electrons. The van der Waals surface area contributed by atoms with Crippen molar-refractivity contribution < 1.29 is 0 Å². The summed E-state index contributed by atoms with van der Waals surface area (Å²) in [5.41, 5.74) is 12.1. The average molecular weight is 485 g/mol. The van der Waals surface area contributed by atoms with E-state index in [4.69, 9.17) is 0 Å². The molecule has 0 amide bonds. The zero-order chi connectivity index (χ0) is 25.4. The van der Waals surface area contributed by atoms with E-state index in [1.165, 1.54) is 62.2 Å². The largest absolute Gasteiger partial charge is 0.364 e. The van der Waals surface area contributed by atoms with Crippen molar-refractivity contribution in [2.24, 2.45) is 0 Å². The number of hydrogen-bond donors (Lipinski definition) is 0. The zero-order valence-corrected chi connectivity index (χ0v) is 22.2. The summed E-state index contributed by atoms with van der Waals surface area (Å²) in [4.78, 5) is 2.60. The van der Waals surface area contributed by atoms with Gasteiger partial charge in [-0.05, 0) is 91.3 Å². The average Bonchev–Trinajstić information content (AvgIpc) is 3.29. The Balaban J connectivity index is 1.51. The number of allylic oxidation sites excluding steroid dienone is 4. The molecule has 4 aromatic rings. The van der Waals surface area contributed by atoms with Crippen LogP contribution in [0.2, 0.25) is 0 Å². The summed E-state index contributed by atoms with van der Waals surface area (Å²) >= 11 is 0. The maximum atomic E-state index is 2.60. The van der Waals surface area contributed by atoms with Crippen LogP contribution >= 0.6 is 0 Å². The smallest absolute Gasteiger partial charge is 0.0552 e. The summed E-state index contributed by atoms with van der Waals surface area (Å²) in [5, 5.41) is 1.35. The number of anilines is 1. The molecule has 0 radical (unpaired) electrons. The molecule has 37 heavy (non-hydrogen) atoms. The minimum Gasteiger partial charge on any atom is -0.364 e. The van der Waals surface area contributed by atoms with Crippen LogP contribution < -0.4 is 4.90 Å². The molecule has 0 spiro atoms. The van der Waals surface area contributed by atoms with E-state index in [1.807, 2.05) is 0 Å². The molecular weight excluding hydrogens is 448 g/mol. The SMILES string of the molecule is CC/C=C\c1c(CC)c2cc(-c3ccc4c(c3)N(CC)C3CCC=CC=C43)ccc2n1-c1ccccc1. The summed E-state index contributed by atoms with van der Waals surface area (Å²) in [6.07, 6.45) is 15.8. The van der Waals surface area contributed by atoms with Crippen LogP contribution in [0.15, 0.2) is 91.0 Å². The van der Waals surface area contributed by atoms with Gasteiger partial charge < -0.3 is 9.47 Å². The Bertz CT molecular complexity index is 1530. The molecule has 0 saturated carbocycles. The molecule has 1 unspecified atom stereocenters. The number of para-hydroxylation sites is 1. The quantitative estimate of drug-likeness (QED) is 0.265. The molecule has 0 saturated heterocycles. The van der Waals surface area contributed by atoms with E-state index in [9.17, 15) is 0 Å². The fourth-order valence-corrected chi connectivity index (χ4v) is 6.32. The van der Waals surface area contributed by atoms with E-state index < -0.39 is 0 Å². The van der Waals surface area contributed by atoms with E-state index in [-0.39, 0.29) is 0 Å². The summed E-state index contributed by atoms with van der Waals surface area (Å²) in [6, 6.07) is 25.4. The van der Waals surface area contributed by atoms with Gasteiger partial charge in [-0.2, -0.15) is 0 Å². The second-order valence-electron chi connectivity index (χ2n) is 10.1. The molecule has 6 rings (SSSR count). The normalized spacial score (nSPS) is 16.8. The van der Waals surface area contributed by atoms with Crippen molar-refractivity contribution >= 4 is 28.2 Å². The second-order valence-corrected chi connectivity index (χ2v) is 10.1. The molecule has 1 aliphatic carbocycles. The Kier molecular flexibility index (Phi) is 6.34. The van der Waals surface area contributed by atoms with Crippen molar-refractivity contribution in [3.63, 3.8) is 0 Å². The van der Waals surface area contributed by atoms with Gasteiger partial charge in [0, 0.05) is 34.6 Å². The Morgan fingerprint density at radius 3 is 2.51 bits per heavy atom. The molecule has 0 fully saturated rings. The lowest BCUT2D eigenvalue weighted by Gasteiger charge is -2.26. The lowest BCUT2D eigenvalue weighted by molar-refractivity contribution is 0.687. The van der Waals surface area contributed by atoms with Gasteiger partial charge in [-0.3, -0.25) is 0 Å². The second kappa shape index (κ2) is 9.94. The van der Waals surface area contributed by atoms with Crippen LogP contribution in [0.1, 0.15) is 56.9 Å². The number of aromatic nitrogens is 1. The molecule has 2 heterocycles. The zero-order valence-electron chi connectivity index (χ0n) is 22.2. The van der Waals surface area contributed by atoms with E-state index in [2.05, 4.69) is 127 Å². The van der Waals surface area contributed by atoms with Crippen LogP contribution in [0, 0.1) is 0 Å². The van der Waals surface area contributed by atoms with Crippen molar-refractivity contribution in [3.05, 3.63) is 108 Å². The van der Waals surface area contributed by atoms with Crippen LogP contribution in [0.3, 0.4) is 0 Å². The van der Waals surface area contributed by atoms with Gasteiger partial charge >= 0.3 is 0 Å². The van der Waals surface area contributed by atoms with Crippen molar-refractivity contribution in [3.8, 4) is 16.8 Å². The molecule has 0 bridgehead atoms. The Labute approximate surface area is 221 Å². The topological polar surface area (TPSA) is 8.17 Å². The van der Waals surface area contributed by atoms with E-state index in [1.54, 1.807) is 0 Å². The highest BCUT2D eigenvalue weighted by Gasteiger charge is 2.32. The molecule has 2 heteroatoms. The fraction of sp³-hybridized carbons (Fsp3) is 0.257. The minimum absolute atomic E-state index is 0.493. The standard InChI is InChI=1S/C35H36N2/c1-4-7-17-33-28(5-2)31-23-25(20-22-34(31)37(33)27-14-10-8-11-15-27)26-19-21-30-29-16-12-9-13-18-32(29)36(6-3)35(30)24-26/h7-12,14-17,19-24,32H,4-6,13,18H2,1-3H3/b17-7-. The lowest BCUT2D eigenvalue weighted by Crippen LogP contribution is -2.30. The number of benzene rings is 3. The van der Waals surface area contributed by atoms with Crippen molar-refractivity contribution in [2.45, 2.75) is 52.5 Å². The van der Waals surface area contributed by atoms with Gasteiger partial charge in [0.05, 0.1) is 11.6 Å². The summed E-state index contributed by atoms with van der Waals surface area (Å²) in [6.45, 7) is 7.80. The molecule has 1 aliphatic heterocycles. The van der Waals surface area contributed by atoms with E-state index in [0.29, 0.717) is 6.04 Å². The number of likely N-dealkylation sites (N-methyl/N-ethyl adjacent to an activating group) is 1. The van der Waals surface area contributed by atoms with Gasteiger partial charge in [-0.15, -0.1) is 0 Å². The number of rotatable bonds is 6. The van der Waals surface area contributed by atoms with Gasteiger partial charge in [0.25, 0.3) is 0 Å². The van der Waals surface area contributed by atoms with Crippen molar-refractivity contribution in [1.29, 1.82) is 0 Å². The summed E-state index contributed by atoms with van der Waals surface area (Å²) in [7, 11) is 0. The maximum Gasteiger partial charge on any atom is 0.0552 e. The predicted octanol–water partition coefficient (Wildman–Crippen LogP) is 9.23. The first-order valence-corrected chi connectivity index (χ1v) is 13.9. The first-order valence-electron chi connectivity index (χ1n) is 13.9. The Hall–Kier alpha value is -3.78. The molecule has 0 N–H and O–H groups in total. The number of aryl methyl sites for hydroxylation is 1. The molecule has 2 nitrogen and oxygen atoms in total. The summed E-state index contributed by atoms with van der Waals surface area (Å²) < 4.78 is 2.43. The van der Waals surface area contributed by atoms with Gasteiger partial charge in [0.1, 0.15) is 0 Å². The third-order valence-corrected chi connectivity index (χ3v) is 8.04. The van der Waals surface area contributed by atoms with Gasteiger partial charge in [-0.1, -0.05) is 74.5 Å². The van der Waals surface area contributed by atoms with Crippen LogP contribution in [0.25, 0.3) is 39.4 Å². The number of nitrogens with zero attached hydrogens (tertiary/aromatic N) is 2. The lowest BCUT2D eigenvalue weighted by atomic mass is 9.96. The maximum absolute atomic E-state index is 2.60. The van der Waals surface area contributed by atoms with Crippen LogP contribution in [0.4, 0.5) is 5.69 Å². The summed E-state index contributed by atoms with van der Waals surface area (Å²) in [5.74, 6) is 0. The van der Waals surface area contributed by atoms with E-state index >= 15 is 0 Å². The molecule has 1 aromatic heterocycles. The van der Waals surface area contributed by atoms with Gasteiger partial charge in [0.2, 0.25) is 0 Å². The van der Waals surface area contributed by atoms with Gasteiger partial charge in [-0.25, -0.2) is 0 Å². The van der Waals surface area contributed by atoms with Crippen LogP contribution in [0.5, 0.6) is 0 Å². The highest BCUT2D eigenvalue weighted by Crippen LogP contribution is 2.45. The third-order valence-electron chi connectivity index (χ3n) is 8.04. The Morgan fingerprint density at radius 2 is 1.73 bits per heavy atom. The predicted molar refractivity (Wildman–Crippen MR) is 161 cm³/mol. The molecular formula is C35H36N2. The Morgan fingerprint density at radius 1 is 0.919 bits per heavy atom. The highest BCUT2D eigenvalue weighted by molar-refractivity contribution is 5.95. The molecule has 3 aromatic carbocycles. The highest BCUT2D eigenvalue weighted by atomic mass is 15.2. The molecule has 2 aliphatic rings. The minimum atomic E-state index is 0.493. The van der Waals surface area contributed by atoms with Crippen molar-refractivity contribution in [2.75, 3.05) is 11.4 Å². The van der Waals surface area contributed by atoms with Gasteiger partial charge in [0.15, 0.2) is 0 Å². The number of hydrogen-bond acceptors (Lipinski definition) is 1. The first-order chi connectivity index (χ1) is 18.2. The fourth-order valence-electron chi connectivity index (χ4n) is 6.32. The third kappa shape index (κ3) is 3.96.